The highest BCUT2D eigenvalue weighted by Crippen LogP contribution is 2.44. The summed E-state index contributed by atoms with van der Waals surface area (Å²) in [5.41, 5.74) is 1.23. The van der Waals surface area contributed by atoms with Gasteiger partial charge in [-0.3, -0.25) is 4.79 Å². The van der Waals surface area contributed by atoms with E-state index in [9.17, 15) is 18.8 Å². The van der Waals surface area contributed by atoms with Gasteiger partial charge < -0.3 is 5.32 Å². The summed E-state index contributed by atoms with van der Waals surface area (Å²) in [6.45, 7) is 6.62. The maximum atomic E-state index is 13.8. The normalized spacial score (nSPS) is 16.7. The van der Waals surface area contributed by atoms with Crippen molar-refractivity contribution in [3.8, 4) is 6.07 Å². The molecule has 1 aliphatic rings. The molecule has 136 valence electrons. The van der Waals surface area contributed by atoms with Crippen LogP contribution in [0, 0.1) is 34.3 Å². The number of thiophene rings is 1. The fourth-order valence-electron chi connectivity index (χ4n) is 3.38. The van der Waals surface area contributed by atoms with Crippen molar-refractivity contribution in [1.82, 2.24) is 0 Å². The highest BCUT2D eigenvalue weighted by atomic mass is 32.1. The van der Waals surface area contributed by atoms with Gasteiger partial charge >= 0.3 is 0 Å². The number of carbonyl (C=O) groups is 1. The zero-order valence-electron chi connectivity index (χ0n) is 15.0. The van der Waals surface area contributed by atoms with E-state index in [0.29, 0.717) is 16.5 Å². The molecule has 1 N–H and O–H groups in total. The summed E-state index contributed by atoms with van der Waals surface area (Å²) in [5.74, 6) is -2.50. The molecule has 26 heavy (non-hydrogen) atoms. The third-order valence-corrected chi connectivity index (χ3v) is 6.19. The second-order valence-electron chi connectivity index (χ2n) is 7.68. The number of hydrogen-bond acceptors (Lipinski definition) is 3. The molecule has 0 fully saturated rings. The Morgan fingerprint density at radius 1 is 1.35 bits per heavy atom. The average Bonchev–Trinajstić information content (AvgIpc) is 2.92. The summed E-state index contributed by atoms with van der Waals surface area (Å²) < 4.78 is 27.2. The number of nitrogens with zero attached hydrogens (tertiary/aromatic N) is 1. The molecule has 0 bridgehead atoms. The number of rotatable bonds is 2. The van der Waals surface area contributed by atoms with Crippen molar-refractivity contribution in [2.75, 3.05) is 5.32 Å². The Morgan fingerprint density at radius 2 is 2.08 bits per heavy atom. The van der Waals surface area contributed by atoms with E-state index in [-0.39, 0.29) is 11.0 Å². The van der Waals surface area contributed by atoms with Crippen molar-refractivity contribution in [2.45, 2.75) is 40.0 Å². The molecular formula is C20H20F2N2OS. The summed E-state index contributed by atoms with van der Waals surface area (Å²) in [5, 5.41) is 12.6. The highest BCUT2D eigenvalue weighted by Gasteiger charge is 2.32. The number of hydrogen-bond donors (Lipinski definition) is 1. The van der Waals surface area contributed by atoms with Crippen molar-refractivity contribution in [3.05, 3.63) is 51.4 Å². The quantitative estimate of drug-likeness (QED) is 0.775. The molecule has 0 saturated carbocycles. The topological polar surface area (TPSA) is 52.9 Å². The number of amides is 1. The van der Waals surface area contributed by atoms with Crippen molar-refractivity contribution in [2.24, 2.45) is 11.3 Å². The zero-order valence-corrected chi connectivity index (χ0v) is 15.8. The van der Waals surface area contributed by atoms with Crippen LogP contribution in [0.4, 0.5) is 13.8 Å². The van der Waals surface area contributed by atoms with E-state index in [1.807, 2.05) is 0 Å². The van der Waals surface area contributed by atoms with Gasteiger partial charge in [-0.25, -0.2) is 8.78 Å². The van der Waals surface area contributed by atoms with Gasteiger partial charge in [-0.05, 0) is 48.3 Å². The van der Waals surface area contributed by atoms with Crippen molar-refractivity contribution < 1.29 is 13.6 Å². The molecule has 0 unspecified atom stereocenters. The van der Waals surface area contributed by atoms with Crippen LogP contribution in [0.1, 0.15) is 53.6 Å². The van der Waals surface area contributed by atoms with E-state index >= 15 is 0 Å². The van der Waals surface area contributed by atoms with Crippen LogP contribution in [-0.2, 0) is 12.8 Å². The third-order valence-electron chi connectivity index (χ3n) is 5.03. The van der Waals surface area contributed by atoms with Crippen LogP contribution in [-0.4, -0.2) is 5.91 Å². The van der Waals surface area contributed by atoms with Gasteiger partial charge in [-0.15, -0.1) is 11.3 Å². The lowest BCUT2D eigenvalue weighted by molar-refractivity contribution is 0.102. The lowest BCUT2D eigenvalue weighted by Gasteiger charge is -2.33. The molecule has 1 aliphatic carbocycles. The van der Waals surface area contributed by atoms with Gasteiger partial charge in [-0.1, -0.05) is 26.8 Å². The lowest BCUT2D eigenvalue weighted by Crippen LogP contribution is -2.26. The smallest absolute Gasteiger partial charge is 0.259 e. The fourth-order valence-corrected chi connectivity index (χ4v) is 4.65. The first-order valence-electron chi connectivity index (χ1n) is 8.52. The minimum Gasteiger partial charge on any atom is -0.312 e. The number of halogens is 2. The number of benzene rings is 1. The molecule has 3 nitrogen and oxygen atoms in total. The molecule has 1 atom stereocenters. The van der Waals surface area contributed by atoms with Gasteiger partial charge in [-0.2, -0.15) is 5.26 Å². The number of anilines is 1. The van der Waals surface area contributed by atoms with E-state index in [0.717, 1.165) is 35.8 Å². The Hall–Kier alpha value is -2.26. The Labute approximate surface area is 155 Å². The van der Waals surface area contributed by atoms with Crippen LogP contribution in [0.2, 0.25) is 0 Å². The summed E-state index contributed by atoms with van der Waals surface area (Å²) >= 11 is 1.37. The summed E-state index contributed by atoms with van der Waals surface area (Å²) in [7, 11) is 0. The summed E-state index contributed by atoms with van der Waals surface area (Å²) in [6, 6.07) is 5.64. The van der Waals surface area contributed by atoms with E-state index in [2.05, 4.69) is 32.2 Å². The van der Waals surface area contributed by atoms with Crippen LogP contribution < -0.4 is 5.32 Å². The standard InChI is InChI=1S/C20H20F2N2OS/c1-20(2,3)11-7-8-12-14(10-23)19(26-16(12)9-11)24-18(25)13-5-4-6-15(21)17(13)22/h4-6,11H,7-9H2,1-3H3,(H,24,25)/t11-/m0/s1. The first-order valence-corrected chi connectivity index (χ1v) is 9.34. The Bertz CT molecular complexity index is 906. The van der Waals surface area contributed by atoms with Crippen LogP contribution in [0.15, 0.2) is 18.2 Å². The van der Waals surface area contributed by atoms with E-state index < -0.39 is 17.5 Å². The third kappa shape index (κ3) is 3.36. The van der Waals surface area contributed by atoms with Gasteiger partial charge in [0.15, 0.2) is 11.6 Å². The minimum absolute atomic E-state index is 0.169. The fraction of sp³-hybridized carbons (Fsp3) is 0.400. The number of nitriles is 1. The SMILES string of the molecule is CC(C)(C)[C@H]1CCc2c(sc(NC(=O)c3cccc(F)c3F)c2C#N)C1. The number of nitrogens with one attached hydrogen (secondary N) is 1. The van der Waals surface area contributed by atoms with Crippen LogP contribution >= 0.6 is 11.3 Å². The van der Waals surface area contributed by atoms with Crippen molar-refractivity contribution in [1.29, 1.82) is 5.26 Å². The van der Waals surface area contributed by atoms with Gasteiger partial charge in [0.05, 0.1) is 11.1 Å². The number of fused-ring (bicyclic) bond motifs is 1. The molecule has 0 radical (unpaired) electrons. The first-order chi connectivity index (χ1) is 12.2. The lowest BCUT2D eigenvalue weighted by atomic mass is 9.72. The maximum Gasteiger partial charge on any atom is 0.259 e. The molecule has 1 amide bonds. The minimum atomic E-state index is -1.18. The molecule has 6 heteroatoms. The maximum absolute atomic E-state index is 13.8. The second-order valence-corrected chi connectivity index (χ2v) is 8.79. The molecule has 0 aliphatic heterocycles. The summed E-state index contributed by atoms with van der Waals surface area (Å²) in [4.78, 5) is 13.5. The highest BCUT2D eigenvalue weighted by molar-refractivity contribution is 7.16. The first kappa shape index (κ1) is 18.5. The van der Waals surface area contributed by atoms with Crippen LogP contribution in [0.25, 0.3) is 0 Å². The zero-order chi connectivity index (χ0) is 19.1. The van der Waals surface area contributed by atoms with Crippen molar-refractivity contribution >= 4 is 22.2 Å². The van der Waals surface area contributed by atoms with E-state index in [4.69, 9.17) is 0 Å². The predicted octanol–water partition coefficient (Wildman–Crippen LogP) is 5.30. The Balaban J connectivity index is 1.90. The largest absolute Gasteiger partial charge is 0.312 e. The molecule has 0 saturated heterocycles. The van der Waals surface area contributed by atoms with Crippen molar-refractivity contribution in [3.63, 3.8) is 0 Å². The molecule has 1 heterocycles. The van der Waals surface area contributed by atoms with Gasteiger partial charge in [0.1, 0.15) is 11.1 Å². The van der Waals surface area contributed by atoms with E-state index in [1.54, 1.807) is 0 Å². The molecule has 1 aromatic carbocycles. The molecule has 1 aromatic heterocycles. The van der Waals surface area contributed by atoms with Crippen LogP contribution in [0.3, 0.4) is 0 Å². The monoisotopic (exact) mass is 374 g/mol. The average molecular weight is 374 g/mol. The Morgan fingerprint density at radius 3 is 2.73 bits per heavy atom. The summed E-state index contributed by atoms with van der Waals surface area (Å²) in [6.07, 6.45) is 2.65. The number of carbonyl (C=O) groups excluding carboxylic acids is 1. The Kier molecular flexibility index (Phi) is 4.85. The van der Waals surface area contributed by atoms with E-state index in [1.165, 1.54) is 23.5 Å². The van der Waals surface area contributed by atoms with Crippen LogP contribution in [0.5, 0.6) is 0 Å². The molecule has 0 spiro atoms. The molecule has 2 aromatic rings. The van der Waals surface area contributed by atoms with Gasteiger partial charge in [0.25, 0.3) is 5.91 Å². The molecule has 3 rings (SSSR count). The van der Waals surface area contributed by atoms with Gasteiger partial charge in [0, 0.05) is 4.88 Å². The molecular weight excluding hydrogens is 354 g/mol. The van der Waals surface area contributed by atoms with Gasteiger partial charge in [0.2, 0.25) is 0 Å². The second kappa shape index (κ2) is 6.81. The predicted molar refractivity (Wildman–Crippen MR) is 98.3 cm³/mol.